The molecule has 0 unspecified atom stereocenters. The van der Waals surface area contributed by atoms with Gasteiger partial charge in [0.25, 0.3) is 0 Å². The number of aromatic amines is 1. The molecule has 0 bridgehead atoms. The molecule has 0 aliphatic heterocycles. The van der Waals surface area contributed by atoms with Gasteiger partial charge in [0.05, 0.1) is 15.5 Å². The first-order chi connectivity index (χ1) is 7.25. The summed E-state index contributed by atoms with van der Waals surface area (Å²) in [6, 6.07) is 9.19. The van der Waals surface area contributed by atoms with Crippen LogP contribution in [0.25, 0.3) is 21.9 Å². The topological polar surface area (TPSA) is 46.0 Å². The van der Waals surface area contributed by atoms with Crippen molar-refractivity contribution in [3.8, 4) is 0 Å². The largest absolute Gasteiger partial charge is 0.422 e. The quantitative estimate of drug-likeness (QED) is 0.634. The Bertz CT molecular complexity index is 711. The number of hydrogen-bond donors (Lipinski definition) is 1. The van der Waals surface area contributed by atoms with Gasteiger partial charge in [-0.25, -0.2) is 4.79 Å². The van der Waals surface area contributed by atoms with E-state index in [1.54, 1.807) is 12.1 Å². The normalized spacial score (nSPS) is 11.3. The third-order valence-corrected chi connectivity index (χ3v) is 2.79. The lowest BCUT2D eigenvalue weighted by molar-refractivity contribution is 0.570. The standard InChI is InChI=1S/C11H6BrNO2/c12-9-5-7-10(13-9)6-3-1-2-4-8(6)15-11(7)14/h1-5,13H. The molecule has 2 aromatic heterocycles. The molecule has 1 N–H and O–H groups in total. The van der Waals surface area contributed by atoms with E-state index in [1.807, 2.05) is 18.2 Å². The zero-order valence-corrected chi connectivity index (χ0v) is 9.17. The predicted molar refractivity (Wildman–Crippen MR) is 62.0 cm³/mol. The van der Waals surface area contributed by atoms with Crippen LogP contribution >= 0.6 is 15.9 Å². The molecular weight excluding hydrogens is 258 g/mol. The average Bonchev–Trinajstić information content (AvgIpc) is 2.61. The zero-order chi connectivity index (χ0) is 10.4. The molecule has 0 fully saturated rings. The Labute approximate surface area is 92.8 Å². The summed E-state index contributed by atoms with van der Waals surface area (Å²) in [6.45, 7) is 0. The van der Waals surface area contributed by atoms with E-state index in [-0.39, 0.29) is 5.63 Å². The van der Waals surface area contributed by atoms with Crippen molar-refractivity contribution in [2.45, 2.75) is 0 Å². The summed E-state index contributed by atoms with van der Waals surface area (Å²) in [5, 5.41) is 1.48. The lowest BCUT2D eigenvalue weighted by Crippen LogP contribution is -1.97. The van der Waals surface area contributed by atoms with Gasteiger partial charge in [-0.1, -0.05) is 12.1 Å². The highest BCUT2D eigenvalue weighted by atomic mass is 79.9. The molecule has 0 aliphatic carbocycles. The summed E-state index contributed by atoms with van der Waals surface area (Å²) in [5.41, 5.74) is 1.10. The van der Waals surface area contributed by atoms with E-state index in [2.05, 4.69) is 20.9 Å². The van der Waals surface area contributed by atoms with E-state index >= 15 is 0 Å². The molecule has 2 heterocycles. The minimum atomic E-state index is -0.314. The Balaban J connectivity index is 2.69. The molecule has 0 atom stereocenters. The first kappa shape index (κ1) is 8.73. The van der Waals surface area contributed by atoms with E-state index in [1.165, 1.54) is 0 Å². The van der Waals surface area contributed by atoms with Gasteiger partial charge in [-0.2, -0.15) is 0 Å². The Hall–Kier alpha value is -1.55. The maximum Gasteiger partial charge on any atom is 0.345 e. The Morgan fingerprint density at radius 1 is 1.20 bits per heavy atom. The van der Waals surface area contributed by atoms with Crippen LogP contribution in [0, 0.1) is 0 Å². The summed E-state index contributed by atoms with van der Waals surface area (Å²) in [6.07, 6.45) is 0. The molecule has 0 aliphatic rings. The molecule has 4 heteroatoms. The molecule has 1 aromatic carbocycles. The lowest BCUT2D eigenvalue weighted by Gasteiger charge is -1.96. The van der Waals surface area contributed by atoms with Crippen molar-refractivity contribution in [1.29, 1.82) is 0 Å². The van der Waals surface area contributed by atoms with Crippen LogP contribution in [0.15, 0.2) is 44.1 Å². The monoisotopic (exact) mass is 263 g/mol. The fraction of sp³-hybridized carbons (Fsp3) is 0. The second kappa shape index (κ2) is 2.97. The van der Waals surface area contributed by atoms with E-state index in [0.29, 0.717) is 11.0 Å². The van der Waals surface area contributed by atoms with Gasteiger partial charge in [-0.15, -0.1) is 0 Å². The molecule has 0 saturated heterocycles. The van der Waals surface area contributed by atoms with Gasteiger partial charge >= 0.3 is 5.63 Å². The number of benzene rings is 1. The number of halogens is 1. The van der Waals surface area contributed by atoms with Crippen LogP contribution < -0.4 is 5.63 Å². The van der Waals surface area contributed by atoms with Gasteiger partial charge in [0.1, 0.15) is 5.58 Å². The molecular formula is C11H6BrNO2. The van der Waals surface area contributed by atoms with Gasteiger partial charge in [0.2, 0.25) is 0 Å². The van der Waals surface area contributed by atoms with Crippen LogP contribution in [0.1, 0.15) is 0 Å². The van der Waals surface area contributed by atoms with Crippen LogP contribution in [0.5, 0.6) is 0 Å². The molecule has 3 nitrogen and oxygen atoms in total. The van der Waals surface area contributed by atoms with Crippen molar-refractivity contribution in [2.75, 3.05) is 0 Å². The number of aromatic nitrogens is 1. The Kier molecular flexibility index (Phi) is 1.73. The van der Waals surface area contributed by atoms with Gasteiger partial charge in [0.15, 0.2) is 0 Å². The maximum absolute atomic E-state index is 11.6. The highest BCUT2D eigenvalue weighted by molar-refractivity contribution is 9.10. The minimum Gasteiger partial charge on any atom is -0.422 e. The van der Waals surface area contributed by atoms with E-state index in [0.717, 1.165) is 15.5 Å². The van der Waals surface area contributed by atoms with Gasteiger partial charge in [-0.05, 0) is 34.1 Å². The fourth-order valence-electron chi connectivity index (χ4n) is 1.71. The van der Waals surface area contributed by atoms with Gasteiger partial charge in [0, 0.05) is 5.39 Å². The van der Waals surface area contributed by atoms with E-state index in [4.69, 9.17) is 4.42 Å². The third kappa shape index (κ3) is 1.22. The fourth-order valence-corrected chi connectivity index (χ4v) is 2.14. The molecule has 74 valence electrons. The van der Waals surface area contributed by atoms with E-state index < -0.39 is 0 Å². The lowest BCUT2D eigenvalue weighted by atomic mass is 10.2. The highest BCUT2D eigenvalue weighted by Crippen LogP contribution is 2.24. The van der Waals surface area contributed by atoms with Crippen molar-refractivity contribution >= 4 is 37.8 Å². The second-order valence-corrected chi connectivity index (χ2v) is 4.15. The third-order valence-electron chi connectivity index (χ3n) is 2.36. The number of para-hydroxylation sites is 1. The Morgan fingerprint density at radius 3 is 2.87 bits per heavy atom. The van der Waals surface area contributed by atoms with Crippen molar-refractivity contribution in [3.05, 3.63) is 45.4 Å². The van der Waals surface area contributed by atoms with Crippen LogP contribution in [-0.2, 0) is 0 Å². The zero-order valence-electron chi connectivity index (χ0n) is 7.58. The number of nitrogens with one attached hydrogen (secondary N) is 1. The average molecular weight is 264 g/mol. The number of hydrogen-bond acceptors (Lipinski definition) is 2. The van der Waals surface area contributed by atoms with Crippen LogP contribution in [0.4, 0.5) is 0 Å². The molecule has 15 heavy (non-hydrogen) atoms. The first-order valence-electron chi connectivity index (χ1n) is 4.46. The molecule has 0 spiro atoms. The SMILES string of the molecule is O=c1oc2ccccc2c2[nH]c(Br)cc12. The van der Waals surface area contributed by atoms with Crippen molar-refractivity contribution in [3.63, 3.8) is 0 Å². The predicted octanol–water partition coefficient (Wildman–Crippen LogP) is 3.04. The maximum atomic E-state index is 11.6. The van der Waals surface area contributed by atoms with Crippen molar-refractivity contribution in [2.24, 2.45) is 0 Å². The van der Waals surface area contributed by atoms with Gasteiger partial charge in [-0.3, -0.25) is 0 Å². The van der Waals surface area contributed by atoms with Crippen molar-refractivity contribution < 1.29 is 4.42 Å². The summed E-state index contributed by atoms with van der Waals surface area (Å²) in [5.74, 6) is 0. The number of fused-ring (bicyclic) bond motifs is 3. The number of H-pyrrole nitrogens is 1. The molecule has 0 saturated carbocycles. The molecule has 3 rings (SSSR count). The summed E-state index contributed by atoms with van der Waals surface area (Å²) < 4.78 is 5.97. The minimum absolute atomic E-state index is 0.314. The van der Waals surface area contributed by atoms with Crippen LogP contribution in [0.2, 0.25) is 0 Å². The van der Waals surface area contributed by atoms with Gasteiger partial charge < -0.3 is 9.40 Å². The highest BCUT2D eigenvalue weighted by Gasteiger charge is 2.08. The summed E-state index contributed by atoms with van der Waals surface area (Å²) in [7, 11) is 0. The van der Waals surface area contributed by atoms with Crippen LogP contribution in [-0.4, -0.2) is 4.98 Å². The molecule has 0 radical (unpaired) electrons. The molecule has 0 amide bonds. The van der Waals surface area contributed by atoms with E-state index in [9.17, 15) is 4.79 Å². The van der Waals surface area contributed by atoms with Crippen LogP contribution in [0.3, 0.4) is 0 Å². The first-order valence-corrected chi connectivity index (χ1v) is 5.25. The summed E-state index contributed by atoms with van der Waals surface area (Å²) >= 11 is 3.31. The van der Waals surface area contributed by atoms with Crippen molar-refractivity contribution in [1.82, 2.24) is 4.98 Å². The number of rotatable bonds is 0. The second-order valence-electron chi connectivity index (χ2n) is 3.29. The Morgan fingerprint density at radius 2 is 2.00 bits per heavy atom. The summed E-state index contributed by atoms with van der Waals surface area (Å²) in [4.78, 5) is 14.7. The molecule has 3 aromatic rings. The smallest absolute Gasteiger partial charge is 0.345 e.